The molecule has 0 spiro atoms. The third-order valence-corrected chi connectivity index (χ3v) is 5.50. The highest BCUT2D eigenvalue weighted by molar-refractivity contribution is 8.04. The number of thioether (sulfide) groups is 1. The van der Waals surface area contributed by atoms with Gasteiger partial charge in [0.25, 0.3) is 0 Å². The molecule has 5 nitrogen and oxygen atoms in total. The van der Waals surface area contributed by atoms with Gasteiger partial charge in [-0.05, 0) is 25.1 Å². The fourth-order valence-corrected chi connectivity index (χ4v) is 4.06. The van der Waals surface area contributed by atoms with E-state index in [0.717, 1.165) is 33.9 Å². The van der Waals surface area contributed by atoms with Crippen molar-refractivity contribution in [3.8, 4) is 0 Å². The molecular weight excluding hydrogens is 320 g/mol. The molecule has 0 saturated heterocycles. The summed E-state index contributed by atoms with van der Waals surface area (Å²) in [6.45, 7) is 0. The van der Waals surface area contributed by atoms with Gasteiger partial charge in [0.15, 0.2) is 6.29 Å². The number of aldehydes is 1. The summed E-state index contributed by atoms with van der Waals surface area (Å²) in [5, 5.41) is 3.02. The summed E-state index contributed by atoms with van der Waals surface area (Å²) in [5.74, 6) is 0.773. The van der Waals surface area contributed by atoms with Crippen LogP contribution >= 0.6 is 11.8 Å². The number of rotatable bonds is 7. The molecule has 0 radical (unpaired) electrons. The van der Waals surface area contributed by atoms with Crippen LogP contribution in [0.25, 0.3) is 0 Å². The Bertz CT molecular complexity index is 572. The van der Waals surface area contributed by atoms with Gasteiger partial charge in [0.05, 0.1) is 16.9 Å². The van der Waals surface area contributed by atoms with E-state index in [1.807, 2.05) is 39.8 Å². The monoisotopic (exact) mass is 348 g/mol. The summed E-state index contributed by atoms with van der Waals surface area (Å²) in [6, 6.07) is 0.577. The Morgan fingerprint density at radius 1 is 1.29 bits per heavy atom. The van der Waals surface area contributed by atoms with Crippen molar-refractivity contribution in [2.75, 3.05) is 33.9 Å². The Morgan fingerprint density at radius 2 is 2.00 bits per heavy atom. The van der Waals surface area contributed by atoms with Crippen molar-refractivity contribution in [2.24, 2.45) is 4.99 Å². The van der Waals surface area contributed by atoms with Crippen LogP contribution in [-0.2, 0) is 4.79 Å². The molecule has 0 atom stereocenters. The molecule has 0 amide bonds. The first-order chi connectivity index (χ1) is 11.6. The van der Waals surface area contributed by atoms with Crippen molar-refractivity contribution in [1.29, 1.82) is 0 Å². The van der Waals surface area contributed by atoms with Crippen molar-refractivity contribution in [3.05, 3.63) is 34.1 Å². The van der Waals surface area contributed by atoms with Gasteiger partial charge in [-0.2, -0.15) is 0 Å². The molecule has 2 rings (SSSR count). The third kappa shape index (κ3) is 4.44. The summed E-state index contributed by atoms with van der Waals surface area (Å²) >= 11 is 1.56. The fourth-order valence-electron chi connectivity index (χ4n) is 3.10. The fraction of sp³-hybridized carbons (Fsp3) is 0.556. The first-order valence-electron chi connectivity index (χ1n) is 8.41. The van der Waals surface area contributed by atoms with Crippen molar-refractivity contribution in [3.63, 3.8) is 0 Å². The second kappa shape index (κ2) is 8.97. The summed E-state index contributed by atoms with van der Waals surface area (Å²) in [4.78, 5) is 21.1. The Morgan fingerprint density at radius 3 is 2.58 bits per heavy atom. The van der Waals surface area contributed by atoms with Gasteiger partial charge in [-0.3, -0.25) is 4.79 Å². The van der Waals surface area contributed by atoms with Crippen LogP contribution in [0, 0.1) is 0 Å². The van der Waals surface area contributed by atoms with Crippen molar-refractivity contribution < 1.29 is 4.79 Å². The zero-order chi connectivity index (χ0) is 17.5. The van der Waals surface area contributed by atoms with Gasteiger partial charge in [0, 0.05) is 51.3 Å². The molecule has 6 heteroatoms. The molecule has 132 valence electrons. The molecule has 0 aromatic heterocycles. The van der Waals surface area contributed by atoms with Crippen LogP contribution in [0.5, 0.6) is 0 Å². The van der Waals surface area contributed by atoms with E-state index in [1.165, 1.54) is 25.7 Å². The Hall–Kier alpha value is -1.69. The topological polar surface area (TPSA) is 47.9 Å². The minimum atomic E-state index is 0.577. The number of carbonyl (C=O) groups excluding carboxylic acids is 1. The van der Waals surface area contributed by atoms with Crippen LogP contribution in [-0.4, -0.2) is 62.4 Å². The average Bonchev–Trinajstić information content (AvgIpc) is 3.22. The molecule has 1 N–H and O–H groups in total. The quantitative estimate of drug-likeness (QED) is 0.435. The molecule has 1 fully saturated rings. The molecule has 2 aliphatic rings. The van der Waals surface area contributed by atoms with E-state index in [4.69, 9.17) is 4.99 Å². The second-order valence-electron chi connectivity index (χ2n) is 6.35. The number of nitrogens with zero attached hydrogens (tertiary/aromatic N) is 3. The summed E-state index contributed by atoms with van der Waals surface area (Å²) in [6.07, 6.45) is 11.8. The lowest BCUT2D eigenvalue weighted by atomic mass is 10.1. The largest absolute Gasteiger partial charge is 0.394 e. The minimum absolute atomic E-state index is 0.577. The van der Waals surface area contributed by atoms with Crippen LogP contribution in [0.3, 0.4) is 0 Å². The normalized spacial score (nSPS) is 21.2. The van der Waals surface area contributed by atoms with Crippen LogP contribution in [0.15, 0.2) is 39.1 Å². The van der Waals surface area contributed by atoms with E-state index in [0.29, 0.717) is 6.04 Å². The van der Waals surface area contributed by atoms with E-state index in [-0.39, 0.29) is 0 Å². The van der Waals surface area contributed by atoms with E-state index in [1.54, 1.807) is 11.8 Å². The predicted molar refractivity (Wildman–Crippen MR) is 103 cm³/mol. The number of nitrogens with one attached hydrogen (secondary N) is 1. The lowest BCUT2D eigenvalue weighted by Gasteiger charge is -2.21. The van der Waals surface area contributed by atoms with Gasteiger partial charge in [-0.15, -0.1) is 11.8 Å². The number of likely N-dealkylation sites (N-methyl/N-ethyl adjacent to an activating group) is 1. The number of hydrogen-bond donors (Lipinski definition) is 1. The van der Waals surface area contributed by atoms with Crippen molar-refractivity contribution >= 4 is 24.4 Å². The lowest BCUT2D eigenvalue weighted by molar-refractivity contribution is -0.104. The summed E-state index contributed by atoms with van der Waals surface area (Å²) in [7, 11) is 7.98. The highest BCUT2D eigenvalue weighted by Gasteiger charge is 2.24. The lowest BCUT2D eigenvalue weighted by Crippen LogP contribution is -2.27. The smallest absolute Gasteiger partial charge is 0.158 e. The maximum Gasteiger partial charge on any atom is 0.158 e. The standard InChI is InChI=1S/C18H28N4OS/c1-19-10-9-16(21(2)3)15-12-24-17(11-23)18(15)20-13-22(4)14-7-5-6-8-14/h9-11,13-14,19H,5-8,12H2,1-4H3/b10-9-,16-15-,20-13?. The maximum absolute atomic E-state index is 11.4. The predicted octanol–water partition coefficient (Wildman–Crippen LogP) is 2.60. The highest BCUT2D eigenvalue weighted by Crippen LogP contribution is 2.37. The molecule has 1 aliphatic carbocycles. The Kier molecular flexibility index (Phi) is 6.97. The number of carbonyl (C=O) groups is 1. The number of aliphatic imine (C=N–C) groups is 1. The van der Waals surface area contributed by atoms with Crippen molar-refractivity contribution in [1.82, 2.24) is 15.1 Å². The van der Waals surface area contributed by atoms with E-state index >= 15 is 0 Å². The Labute approximate surface area is 149 Å². The number of hydrogen-bond acceptors (Lipinski definition) is 5. The van der Waals surface area contributed by atoms with Crippen LogP contribution < -0.4 is 5.32 Å². The molecule has 1 aliphatic heterocycles. The molecule has 24 heavy (non-hydrogen) atoms. The zero-order valence-electron chi connectivity index (χ0n) is 15.1. The molecule has 0 aromatic rings. The van der Waals surface area contributed by atoms with Gasteiger partial charge < -0.3 is 15.1 Å². The molecule has 0 bridgehead atoms. The summed E-state index contributed by atoms with van der Waals surface area (Å²) in [5.41, 5.74) is 2.99. The molecular formula is C18H28N4OS. The maximum atomic E-state index is 11.4. The minimum Gasteiger partial charge on any atom is -0.394 e. The van der Waals surface area contributed by atoms with Gasteiger partial charge in [0.2, 0.25) is 0 Å². The van der Waals surface area contributed by atoms with Crippen LogP contribution in [0.4, 0.5) is 0 Å². The average molecular weight is 349 g/mol. The summed E-state index contributed by atoms with van der Waals surface area (Å²) < 4.78 is 0. The van der Waals surface area contributed by atoms with Crippen LogP contribution in [0.2, 0.25) is 0 Å². The molecule has 1 saturated carbocycles. The highest BCUT2D eigenvalue weighted by atomic mass is 32.2. The molecule has 0 unspecified atom stereocenters. The first kappa shape index (κ1) is 18.6. The van der Waals surface area contributed by atoms with Crippen LogP contribution in [0.1, 0.15) is 25.7 Å². The van der Waals surface area contributed by atoms with Gasteiger partial charge in [0.1, 0.15) is 0 Å². The molecule has 0 aromatic carbocycles. The SMILES string of the molecule is CN/C=C\C(=C1/CSC(C=O)=C1N=CN(C)C1CCCC1)N(C)C. The first-order valence-corrected chi connectivity index (χ1v) is 9.40. The zero-order valence-corrected chi connectivity index (χ0v) is 15.9. The van der Waals surface area contributed by atoms with Crippen molar-refractivity contribution in [2.45, 2.75) is 31.7 Å². The van der Waals surface area contributed by atoms with E-state index < -0.39 is 0 Å². The number of allylic oxidation sites excluding steroid dienone is 3. The van der Waals surface area contributed by atoms with E-state index in [9.17, 15) is 4.79 Å². The van der Waals surface area contributed by atoms with E-state index in [2.05, 4.69) is 22.2 Å². The van der Waals surface area contributed by atoms with Gasteiger partial charge in [-0.1, -0.05) is 12.8 Å². The third-order valence-electron chi connectivity index (χ3n) is 4.47. The second-order valence-corrected chi connectivity index (χ2v) is 7.37. The van der Waals surface area contributed by atoms with Gasteiger partial charge >= 0.3 is 0 Å². The van der Waals surface area contributed by atoms with Gasteiger partial charge in [-0.25, -0.2) is 4.99 Å². The molecule has 1 heterocycles. The Balaban J connectivity index is 2.30.